The number of rotatable bonds is 0. The second kappa shape index (κ2) is 46.9. The van der Waals surface area contributed by atoms with E-state index in [-0.39, 0.29) is 94.3 Å². The monoisotopic (exact) mass is 739 g/mol. The molecule has 229 valence electrons. The second-order valence-electron chi connectivity index (χ2n) is 7.90. The fourth-order valence-electron chi connectivity index (χ4n) is 3.78. The molecule has 3 saturated carbocycles. The van der Waals surface area contributed by atoms with Crippen LogP contribution >= 0.6 is 13.5 Å². The Bertz CT molecular complexity index is 499. The first-order valence-electron chi connectivity index (χ1n) is 11.6. The molecular formula is C30H56BF4Ru2S. The Kier molecular flexibility index (Phi) is 76.4. The van der Waals surface area contributed by atoms with Crippen LogP contribution in [0.3, 0.4) is 0 Å². The molecule has 2 aromatic carbocycles. The van der Waals surface area contributed by atoms with E-state index in [4.69, 9.17) is 0 Å². The van der Waals surface area contributed by atoms with Gasteiger partial charge >= 0.3 is 46.5 Å². The molecule has 0 atom stereocenters. The van der Waals surface area contributed by atoms with E-state index in [1.807, 2.05) is 0 Å². The van der Waals surface area contributed by atoms with Gasteiger partial charge in [0.15, 0.2) is 0 Å². The number of fused-ring (bicyclic) bond motifs is 1. The first kappa shape index (κ1) is 61.9. The van der Waals surface area contributed by atoms with Crippen molar-refractivity contribution in [3.05, 3.63) is 78.2 Å². The zero-order valence-corrected chi connectivity index (χ0v) is 28.0. The van der Waals surface area contributed by atoms with Crippen LogP contribution in [-0.4, -0.2) is 7.54 Å². The standard InChI is InChI=1S/C10H8.3C5H10.CH4.4CH3.BF3.FH.2Ru.H2S/c1-2-6-10-8-4-3-7-9(10)5-1;3*1-2-4-5-3-1;;;;;;2-1(3)4;;;;/h1-8H;3*1-5H2;1H4;4*1H3;;1H;;;1H2/q;;;;;4*-1;;;+2;+3;/p-1. The summed E-state index contributed by atoms with van der Waals surface area (Å²) in [5.74, 6) is 0. The minimum atomic E-state index is -3.67. The predicted molar refractivity (Wildman–Crippen MR) is 165 cm³/mol. The molecule has 1 radical (unpaired) electrons. The summed E-state index contributed by atoms with van der Waals surface area (Å²) in [5.41, 5.74) is 0. The zero-order chi connectivity index (χ0) is 21.0. The summed E-state index contributed by atoms with van der Waals surface area (Å²) in [6.45, 7) is 0. The van der Waals surface area contributed by atoms with Gasteiger partial charge in [0.25, 0.3) is 0 Å². The summed E-state index contributed by atoms with van der Waals surface area (Å²) >= 11 is 0. The van der Waals surface area contributed by atoms with Crippen molar-refractivity contribution in [3.8, 4) is 0 Å². The average Bonchev–Trinajstić information content (AvgIpc) is 3.54. The van der Waals surface area contributed by atoms with Crippen molar-refractivity contribution in [2.45, 2.75) is 104 Å². The number of hydrogen-bond acceptors (Lipinski definition) is 0. The molecule has 0 spiro atoms. The minimum Gasteiger partial charge on any atom is -1.00 e. The Labute approximate surface area is 269 Å². The third-order valence-electron chi connectivity index (χ3n) is 5.41. The third kappa shape index (κ3) is 40.6. The van der Waals surface area contributed by atoms with Crippen LogP contribution in [0.25, 0.3) is 10.8 Å². The molecule has 0 heterocycles. The predicted octanol–water partition coefficient (Wildman–Crippen LogP) is 9.12. The van der Waals surface area contributed by atoms with Crippen molar-refractivity contribution in [3.63, 3.8) is 0 Å². The molecule has 0 aromatic heterocycles. The summed E-state index contributed by atoms with van der Waals surface area (Å²) in [6.07, 6.45) is 22.5. The van der Waals surface area contributed by atoms with Crippen molar-refractivity contribution in [1.82, 2.24) is 0 Å². The van der Waals surface area contributed by atoms with E-state index in [0.29, 0.717) is 0 Å². The first-order chi connectivity index (χ1) is 14.2. The maximum absolute atomic E-state index is 9.67. The van der Waals surface area contributed by atoms with Gasteiger partial charge in [-0.15, -0.1) is 0 Å². The van der Waals surface area contributed by atoms with E-state index in [9.17, 15) is 12.9 Å². The second-order valence-corrected chi connectivity index (χ2v) is 7.90. The maximum Gasteiger partial charge on any atom is 3.00 e. The van der Waals surface area contributed by atoms with E-state index in [1.54, 1.807) is 0 Å². The largest absolute Gasteiger partial charge is 3.00 e. The fourth-order valence-corrected chi connectivity index (χ4v) is 3.78. The van der Waals surface area contributed by atoms with Crippen LogP contribution in [0.1, 0.15) is 104 Å². The zero-order valence-electron chi connectivity index (χ0n) is 23.5. The van der Waals surface area contributed by atoms with Crippen LogP contribution in [-0.2, 0) is 39.0 Å². The van der Waals surface area contributed by atoms with Crippen LogP contribution in [0.5, 0.6) is 0 Å². The van der Waals surface area contributed by atoms with E-state index >= 15 is 0 Å². The van der Waals surface area contributed by atoms with Gasteiger partial charge in [-0.1, -0.05) is 152 Å². The van der Waals surface area contributed by atoms with Crippen LogP contribution in [0.4, 0.5) is 12.9 Å². The topological polar surface area (TPSA) is 0 Å². The van der Waals surface area contributed by atoms with E-state index in [0.717, 1.165) is 0 Å². The van der Waals surface area contributed by atoms with Gasteiger partial charge in [-0.05, 0) is 10.8 Å². The minimum absolute atomic E-state index is 0. The van der Waals surface area contributed by atoms with E-state index < -0.39 is 7.54 Å². The maximum atomic E-state index is 9.67. The molecule has 38 heavy (non-hydrogen) atoms. The summed E-state index contributed by atoms with van der Waals surface area (Å²) in [6, 6.07) is 16.7. The van der Waals surface area contributed by atoms with Gasteiger partial charge in [-0.25, -0.2) is 0 Å². The van der Waals surface area contributed by atoms with E-state index in [1.165, 1.54) is 107 Å². The molecule has 3 fully saturated rings. The Morgan fingerprint density at radius 3 is 0.658 bits per heavy atom. The number of benzene rings is 2. The van der Waals surface area contributed by atoms with Gasteiger partial charge in [0.05, 0.1) is 0 Å². The molecule has 0 aliphatic heterocycles. The van der Waals surface area contributed by atoms with Gasteiger partial charge < -0.3 is 34.4 Å². The number of halogens is 4. The van der Waals surface area contributed by atoms with Gasteiger partial charge in [0, 0.05) is 0 Å². The quantitative estimate of drug-likeness (QED) is 0.144. The van der Waals surface area contributed by atoms with Crippen LogP contribution < -0.4 is 4.70 Å². The fraction of sp³-hybridized carbons (Fsp3) is 0.533. The molecule has 0 amide bonds. The first-order valence-corrected chi connectivity index (χ1v) is 11.6. The molecule has 0 N–H and O–H groups in total. The Morgan fingerprint density at radius 2 is 0.553 bits per heavy atom. The van der Waals surface area contributed by atoms with E-state index in [2.05, 4.69) is 48.5 Å². The SMILES string of the molecule is C.C1CCCC1.C1CCCC1.C1CCCC1.FB(F)F.S.[CH3-].[CH3-].[CH3-].[CH3-].[F-].[Ru+2].[Ru+3].c1ccc2ccccc2c1. The smallest absolute Gasteiger partial charge is 1.00 e. The van der Waals surface area contributed by atoms with Crippen LogP contribution in [0.15, 0.2) is 48.5 Å². The summed E-state index contributed by atoms with van der Waals surface area (Å²) < 4.78 is 29.0. The Balaban J connectivity index is -0.0000000388. The molecule has 5 rings (SSSR count). The normalized spacial score (nSPS) is 12.8. The molecule has 0 bridgehead atoms. The molecule has 3 aliphatic carbocycles. The van der Waals surface area contributed by atoms with Crippen molar-refractivity contribution < 1.29 is 56.6 Å². The summed E-state index contributed by atoms with van der Waals surface area (Å²) in [5, 5.41) is 2.62. The molecule has 0 nitrogen and oxygen atoms in total. The Morgan fingerprint density at radius 1 is 0.447 bits per heavy atom. The van der Waals surface area contributed by atoms with Gasteiger partial charge in [-0.2, -0.15) is 13.5 Å². The van der Waals surface area contributed by atoms with Crippen LogP contribution in [0, 0.1) is 29.7 Å². The van der Waals surface area contributed by atoms with Gasteiger partial charge in [0.1, 0.15) is 0 Å². The van der Waals surface area contributed by atoms with Gasteiger partial charge in [0.2, 0.25) is 0 Å². The molecular weight excluding hydrogens is 681 g/mol. The molecule has 8 heteroatoms. The Hall–Kier alpha value is 0.0817. The van der Waals surface area contributed by atoms with Crippen LogP contribution in [0.2, 0.25) is 0 Å². The third-order valence-corrected chi connectivity index (χ3v) is 5.41. The molecule has 3 aliphatic rings. The van der Waals surface area contributed by atoms with Gasteiger partial charge in [-0.3, -0.25) is 12.9 Å². The molecule has 0 saturated heterocycles. The number of hydrogen-bond donors (Lipinski definition) is 0. The van der Waals surface area contributed by atoms with Crippen molar-refractivity contribution in [2.75, 3.05) is 0 Å². The molecule has 0 unspecified atom stereocenters. The molecule has 2 aromatic rings. The summed E-state index contributed by atoms with van der Waals surface area (Å²) in [7, 11) is -3.67. The average molecular weight is 738 g/mol. The van der Waals surface area contributed by atoms with Crippen molar-refractivity contribution in [2.24, 2.45) is 0 Å². The summed E-state index contributed by atoms with van der Waals surface area (Å²) in [4.78, 5) is 0. The van der Waals surface area contributed by atoms with Crippen molar-refractivity contribution in [1.29, 1.82) is 0 Å². The van der Waals surface area contributed by atoms with Crippen molar-refractivity contribution >= 4 is 31.8 Å².